The van der Waals surface area contributed by atoms with Crippen LogP contribution in [0.15, 0.2) is 17.9 Å². The lowest BCUT2D eigenvalue weighted by molar-refractivity contribution is 0.467. The maximum Gasteiger partial charge on any atom is 0.146 e. The molecule has 1 rings (SSSR count). The van der Waals surface area contributed by atoms with E-state index in [2.05, 4.69) is 63.7 Å². The Hall–Kier alpha value is 1.23. The lowest BCUT2D eigenvalue weighted by atomic mass is 10.3. The molecule has 0 radical (unpaired) electrons. The number of benzene rings is 1. The number of aromatic hydroxyl groups is 1. The number of phenolic OH excluding ortho intramolecular Hbond substituents is 1. The van der Waals surface area contributed by atoms with Gasteiger partial charge in [0.1, 0.15) is 5.75 Å². The van der Waals surface area contributed by atoms with Crippen molar-refractivity contribution >= 4 is 75.3 Å². The Morgan fingerprint density at radius 3 is 1.50 bits per heavy atom. The van der Waals surface area contributed by atoms with Crippen molar-refractivity contribution in [1.29, 1.82) is 0 Å². The monoisotopic (exact) mass is 440 g/mol. The van der Waals surface area contributed by atoms with Crippen LogP contribution in [0.5, 0.6) is 5.75 Å². The van der Waals surface area contributed by atoms with E-state index in [1.165, 1.54) is 0 Å². The highest BCUT2D eigenvalue weighted by Gasteiger charge is 2.16. The number of hydrogen-bond donors (Lipinski definition) is 1. The normalized spacial score (nSPS) is 10.4. The number of halogens is 5. The van der Waals surface area contributed by atoms with E-state index in [1.54, 1.807) is 0 Å². The van der Waals surface area contributed by atoms with Gasteiger partial charge in [-0.1, -0.05) is 11.6 Å². The van der Waals surface area contributed by atoms with Gasteiger partial charge in [0.15, 0.2) is 0 Å². The summed E-state index contributed by atoms with van der Waals surface area (Å²) in [5.41, 5.74) is 0. The number of phenols is 1. The minimum absolute atomic E-state index is 0.109. The second-order valence-electron chi connectivity index (χ2n) is 1.92. The third-order valence-corrected chi connectivity index (χ3v) is 6.22. The lowest BCUT2D eigenvalue weighted by Gasteiger charge is -2.07. The van der Waals surface area contributed by atoms with Crippen LogP contribution in [0.1, 0.15) is 0 Å². The van der Waals surface area contributed by atoms with Crippen LogP contribution in [0.3, 0.4) is 0 Å². The van der Waals surface area contributed by atoms with E-state index in [1.807, 2.05) is 0 Å². The Bertz CT molecular complexity index is 234. The molecule has 1 N–H and O–H groups in total. The molecule has 6 heteroatoms. The largest absolute Gasteiger partial charge is 0.505 e. The summed E-state index contributed by atoms with van der Waals surface area (Å²) in [5.74, 6) is 0.109. The van der Waals surface area contributed by atoms with Crippen LogP contribution in [0.25, 0.3) is 0 Å². The van der Waals surface area contributed by atoms with Gasteiger partial charge < -0.3 is 5.11 Å². The van der Waals surface area contributed by atoms with Gasteiger partial charge in [-0.15, -0.1) is 0 Å². The quantitative estimate of drug-likeness (QED) is 0.437. The van der Waals surface area contributed by atoms with E-state index in [4.69, 9.17) is 11.6 Å². The van der Waals surface area contributed by atoms with Crippen molar-refractivity contribution in [1.82, 2.24) is 0 Å². The van der Waals surface area contributed by atoms with Gasteiger partial charge in [-0.3, -0.25) is 0 Å². The molecular weight excluding hydrogens is 443 g/mol. The average Bonchev–Trinajstić information content (AvgIpc) is 2.08. The van der Waals surface area contributed by atoms with E-state index in [-0.39, 0.29) is 5.75 Å². The molecule has 1 aromatic rings. The van der Waals surface area contributed by atoms with Gasteiger partial charge in [-0.2, -0.15) is 0 Å². The van der Waals surface area contributed by atoms with Crippen LogP contribution >= 0.6 is 75.3 Å². The first kappa shape index (κ1) is 11.3. The van der Waals surface area contributed by atoms with Crippen molar-refractivity contribution in [2.45, 2.75) is 0 Å². The highest BCUT2D eigenvalue weighted by Crippen LogP contribution is 2.47. The molecule has 0 bridgehead atoms. The molecule has 0 aliphatic heterocycles. The molecule has 0 amide bonds. The smallest absolute Gasteiger partial charge is 0.146 e. The molecule has 0 aromatic heterocycles. The minimum Gasteiger partial charge on any atom is -0.505 e. The maximum absolute atomic E-state index is 9.48. The van der Waals surface area contributed by atoms with Crippen LogP contribution in [0.4, 0.5) is 0 Å². The zero-order valence-electron chi connectivity index (χ0n) is 5.34. The zero-order chi connectivity index (χ0) is 9.46. The third kappa shape index (κ3) is 1.85. The molecule has 0 heterocycles. The third-order valence-electron chi connectivity index (χ3n) is 1.19. The lowest BCUT2D eigenvalue weighted by Crippen LogP contribution is -1.80. The molecule has 0 atom stereocenters. The van der Waals surface area contributed by atoms with E-state index < -0.39 is 0 Å². The summed E-state index contributed by atoms with van der Waals surface area (Å²) >= 11 is 18.7. The Labute approximate surface area is 108 Å². The molecule has 0 unspecified atom stereocenters. The van der Waals surface area contributed by atoms with Gasteiger partial charge in [0.2, 0.25) is 0 Å². The number of hydrogen-bond acceptors (Lipinski definition) is 1. The molecule has 0 saturated carbocycles. The van der Waals surface area contributed by atoms with Gasteiger partial charge in [-0.25, -0.2) is 0 Å². The Morgan fingerprint density at radius 2 is 1.17 bits per heavy atom. The van der Waals surface area contributed by atoms with Crippen LogP contribution < -0.4 is 0 Å². The fraction of sp³-hybridized carbons (Fsp3) is 0. The van der Waals surface area contributed by atoms with Gasteiger partial charge >= 0.3 is 0 Å². The molecule has 66 valence electrons. The van der Waals surface area contributed by atoms with Crippen LogP contribution in [-0.4, -0.2) is 5.11 Å². The first-order valence-electron chi connectivity index (χ1n) is 2.67. The molecule has 12 heavy (non-hydrogen) atoms. The summed E-state index contributed by atoms with van der Waals surface area (Å²) in [6.07, 6.45) is 0. The molecule has 0 aliphatic rings. The van der Waals surface area contributed by atoms with E-state index in [0.29, 0.717) is 22.9 Å². The van der Waals surface area contributed by atoms with Crippen molar-refractivity contribution < 1.29 is 5.11 Å². The van der Waals surface area contributed by atoms with Crippen LogP contribution in [0.2, 0.25) is 5.02 Å². The summed E-state index contributed by atoms with van der Waals surface area (Å²) in [6.45, 7) is 0. The second kappa shape index (κ2) is 4.17. The zero-order valence-corrected chi connectivity index (χ0v) is 12.4. The summed E-state index contributed by atoms with van der Waals surface area (Å²) in [5, 5.41) is 9.99. The van der Waals surface area contributed by atoms with Crippen LogP contribution in [-0.2, 0) is 0 Å². The first-order valence-corrected chi connectivity index (χ1v) is 6.22. The Kier molecular flexibility index (Phi) is 3.93. The van der Waals surface area contributed by atoms with Crippen molar-refractivity contribution in [2.24, 2.45) is 0 Å². The van der Waals surface area contributed by atoms with E-state index in [9.17, 15) is 5.11 Å². The van der Waals surface area contributed by atoms with E-state index >= 15 is 0 Å². The topological polar surface area (TPSA) is 20.2 Å². The fourth-order valence-electron chi connectivity index (χ4n) is 0.593. The van der Waals surface area contributed by atoms with Gasteiger partial charge in [0, 0.05) is 0 Å². The van der Waals surface area contributed by atoms with Crippen molar-refractivity contribution in [2.75, 3.05) is 0 Å². The summed E-state index contributed by atoms with van der Waals surface area (Å²) in [7, 11) is 0. The van der Waals surface area contributed by atoms with Crippen molar-refractivity contribution in [3.8, 4) is 5.75 Å². The van der Waals surface area contributed by atoms with Gasteiger partial charge in [-0.05, 0) is 63.7 Å². The van der Waals surface area contributed by atoms with E-state index in [0.717, 1.165) is 0 Å². The molecule has 1 aromatic carbocycles. The summed E-state index contributed by atoms with van der Waals surface area (Å²) < 4.78 is 2.30. The summed E-state index contributed by atoms with van der Waals surface area (Å²) in [6, 6.07) is 0. The molecule has 0 spiro atoms. The van der Waals surface area contributed by atoms with Crippen molar-refractivity contribution in [3.05, 3.63) is 22.9 Å². The predicted molar refractivity (Wildman–Crippen MR) is 63.9 cm³/mol. The highest BCUT2D eigenvalue weighted by molar-refractivity contribution is 9.14. The van der Waals surface area contributed by atoms with Crippen molar-refractivity contribution in [3.63, 3.8) is 0 Å². The van der Waals surface area contributed by atoms with Gasteiger partial charge in [0.25, 0.3) is 0 Å². The second-order valence-corrected chi connectivity index (χ2v) is 5.47. The molecule has 0 saturated heterocycles. The molecular formula is C6HBr4ClO. The predicted octanol–water partition coefficient (Wildman–Crippen LogP) is 5.10. The highest BCUT2D eigenvalue weighted by atomic mass is 79.9. The fourth-order valence-corrected chi connectivity index (χ4v) is 3.11. The van der Waals surface area contributed by atoms with Crippen LogP contribution in [0, 0.1) is 0 Å². The maximum atomic E-state index is 9.48. The SMILES string of the molecule is Oc1c(Br)c(Br)c(Cl)c(Br)c1Br. The summed E-state index contributed by atoms with van der Waals surface area (Å²) in [4.78, 5) is 0. The first-order chi connectivity index (χ1) is 5.46. The standard InChI is InChI=1S/C6HBr4ClO/c7-1-3(9)6(12)4(10)2(8)5(1)11/h12H. The Balaban J connectivity index is 3.60. The molecule has 0 aliphatic carbocycles. The average molecular weight is 444 g/mol. The van der Waals surface area contributed by atoms with Gasteiger partial charge in [0.05, 0.1) is 22.9 Å². The molecule has 0 fully saturated rings. The number of rotatable bonds is 0. The molecule has 1 nitrogen and oxygen atoms in total. The minimum atomic E-state index is 0.109. The Morgan fingerprint density at radius 1 is 0.833 bits per heavy atom.